The molecule has 1 fully saturated rings. The Labute approximate surface area is 174 Å². The predicted octanol–water partition coefficient (Wildman–Crippen LogP) is 3.22. The molecule has 8 heteroatoms. The van der Waals surface area contributed by atoms with Crippen molar-refractivity contribution in [3.8, 4) is 0 Å². The molecule has 3 rings (SSSR count). The Morgan fingerprint density at radius 3 is 2.24 bits per heavy atom. The first-order chi connectivity index (χ1) is 14.0. The monoisotopic (exact) mass is 416 g/mol. The van der Waals surface area contributed by atoms with Crippen LogP contribution >= 0.6 is 11.8 Å². The highest BCUT2D eigenvalue weighted by atomic mass is 32.2. The van der Waals surface area contributed by atoms with Crippen LogP contribution in [0, 0.1) is 6.92 Å². The normalized spacial score (nSPS) is 15.3. The second-order valence-electron chi connectivity index (χ2n) is 6.16. The molecule has 0 radical (unpaired) electrons. The number of carboxylic acid groups (broad SMARTS) is 2. The smallest absolute Gasteiger partial charge is 0.328 e. The van der Waals surface area contributed by atoms with Crippen LogP contribution in [-0.2, 0) is 14.3 Å². The molecule has 1 saturated heterocycles. The average molecular weight is 416 g/mol. The number of carboxylic acids is 2. The number of morpholine rings is 1. The van der Waals surface area contributed by atoms with E-state index in [1.54, 1.807) is 0 Å². The van der Waals surface area contributed by atoms with E-state index in [1.165, 1.54) is 11.1 Å². The first-order valence-corrected chi connectivity index (χ1v) is 9.94. The molecule has 0 amide bonds. The van der Waals surface area contributed by atoms with E-state index in [-0.39, 0.29) is 0 Å². The number of thioether (sulfide) groups is 1. The third-order valence-corrected chi connectivity index (χ3v) is 5.46. The van der Waals surface area contributed by atoms with Gasteiger partial charge in [0.2, 0.25) is 0 Å². The van der Waals surface area contributed by atoms with Gasteiger partial charge in [0, 0.05) is 31.4 Å². The minimum Gasteiger partial charge on any atom is -0.478 e. The van der Waals surface area contributed by atoms with E-state index in [1.807, 2.05) is 24.0 Å². The van der Waals surface area contributed by atoms with Crippen molar-refractivity contribution in [3.05, 3.63) is 71.9 Å². The molecule has 7 nitrogen and oxygen atoms in total. The quantitative estimate of drug-likeness (QED) is 0.547. The summed E-state index contributed by atoms with van der Waals surface area (Å²) in [6.07, 6.45) is 2.99. The maximum atomic E-state index is 9.55. The van der Waals surface area contributed by atoms with Gasteiger partial charge in [0.25, 0.3) is 0 Å². The van der Waals surface area contributed by atoms with E-state index in [0.717, 1.165) is 31.3 Å². The molecule has 154 valence electrons. The largest absolute Gasteiger partial charge is 0.478 e. The fourth-order valence-corrected chi connectivity index (χ4v) is 3.87. The zero-order valence-corrected chi connectivity index (χ0v) is 16.9. The number of nitrogens with zero attached hydrogens (tertiary/aromatic N) is 2. The number of benzene rings is 1. The molecule has 0 bridgehead atoms. The van der Waals surface area contributed by atoms with Crippen LogP contribution in [0.4, 0.5) is 0 Å². The van der Waals surface area contributed by atoms with E-state index >= 15 is 0 Å². The van der Waals surface area contributed by atoms with E-state index in [2.05, 4.69) is 53.2 Å². The number of hydrogen-bond acceptors (Lipinski definition) is 6. The number of aliphatic carboxylic acids is 2. The fourth-order valence-electron chi connectivity index (χ4n) is 2.63. The lowest BCUT2D eigenvalue weighted by molar-refractivity contribution is -0.134. The minimum absolute atomic E-state index is 0.295. The highest BCUT2D eigenvalue weighted by Gasteiger charge is 2.24. The summed E-state index contributed by atoms with van der Waals surface area (Å²) in [5, 5.41) is 17.0. The molecule has 29 heavy (non-hydrogen) atoms. The van der Waals surface area contributed by atoms with E-state index in [4.69, 9.17) is 14.9 Å². The molecule has 0 saturated carbocycles. The Balaban J connectivity index is 0.000000321. The van der Waals surface area contributed by atoms with Gasteiger partial charge in [-0.2, -0.15) is 0 Å². The number of pyridine rings is 1. The molecule has 1 aliphatic rings. The molecule has 2 N–H and O–H groups in total. The Bertz CT molecular complexity index is 807. The van der Waals surface area contributed by atoms with Crippen molar-refractivity contribution in [1.82, 2.24) is 9.88 Å². The maximum Gasteiger partial charge on any atom is 0.328 e. The van der Waals surface area contributed by atoms with Crippen molar-refractivity contribution in [3.63, 3.8) is 0 Å². The van der Waals surface area contributed by atoms with Crippen LogP contribution in [-0.4, -0.2) is 58.3 Å². The Hall–Kier alpha value is -2.68. The first-order valence-electron chi connectivity index (χ1n) is 9.06. The summed E-state index contributed by atoms with van der Waals surface area (Å²) in [7, 11) is 0. The number of ether oxygens (including phenoxy) is 1. The van der Waals surface area contributed by atoms with Crippen molar-refractivity contribution >= 4 is 23.7 Å². The summed E-state index contributed by atoms with van der Waals surface area (Å²) in [5.74, 6) is -2.51. The average Bonchev–Trinajstić information content (AvgIpc) is 2.73. The summed E-state index contributed by atoms with van der Waals surface area (Å²) in [4.78, 5) is 26.1. The minimum atomic E-state index is -1.26. The van der Waals surface area contributed by atoms with Gasteiger partial charge < -0.3 is 14.9 Å². The van der Waals surface area contributed by atoms with Crippen LogP contribution in [0.15, 0.2) is 65.8 Å². The van der Waals surface area contributed by atoms with Crippen molar-refractivity contribution in [2.45, 2.75) is 17.3 Å². The van der Waals surface area contributed by atoms with Gasteiger partial charge in [-0.1, -0.05) is 48.2 Å². The molecule has 1 aliphatic heterocycles. The summed E-state index contributed by atoms with van der Waals surface area (Å²) in [6.45, 7) is 5.68. The molecule has 1 aromatic carbocycles. The lowest BCUT2D eigenvalue weighted by Gasteiger charge is -2.34. The second kappa shape index (κ2) is 12.0. The van der Waals surface area contributed by atoms with E-state index < -0.39 is 11.9 Å². The van der Waals surface area contributed by atoms with Crippen molar-refractivity contribution < 1.29 is 24.5 Å². The SMILES string of the molecule is Cc1cccnc1S[C@H](c1ccccc1)N1CCOCC1.O=C(O)/C=C/C(=O)O. The summed E-state index contributed by atoms with van der Waals surface area (Å²) in [5.41, 5.74) is 2.56. The number of rotatable bonds is 6. The summed E-state index contributed by atoms with van der Waals surface area (Å²) < 4.78 is 5.49. The Kier molecular flexibility index (Phi) is 9.36. The first kappa shape index (κ1) is 22.6. The lowest BCUT2D eigenvalue weighted by atomic mass is 10.2. The van der Waals surface area contributed by atoms with E-state index in [9.17, 15) is 9.59 Å². The number of hydrogen-bond donors (Lipinski definition) is 2. The highest BCUT2D eigenvalue weighted by molar-refractivity contribution is 7.99. The fraction of sp³-hybridized carbons (Fsp3) is 0.286. The van der Waals surface area contributed by atoms with Crippen LogP contribution in [0.1, 0.15) is 16.5 Å². The number of carbonyl (C=O) groups is 2. The van der Waals surface area contributed by atoms with Gasteiger partial charge in [0.05, 0.1) is 18.6 Å². The third kappa shape index (κ3) is 8.06. The molecular formula is C21H24N2O5S. The van der Waals surface area contributed by atoms with Gasteiger partial charge in [-0.15, -0.1) is 0 Å². The predicted molar refractivity (Wildman–Crippen MR) is 111 cm³/mol. The molecule has 2 aromatic rings. The van der Waals surface area contributed by atoms with Gasteiger partial charge in [0.1, 0.15) is 5.03 Å². The molecule has 0 unspecified atom stereocenters. The Morgan fingerprint density at radius 1 is 1.07 bits per heavy atom. The van der Waals surface area contributed by atoms with Crippen LogP contribution in [0.5, 0.6) is 0 Å². The van der Waals surface area contributed by atoms with Crippen LogP contribution < -0.4 is 0 Å². The molecule has 0 spiro atoms. The van der Waals surface area contributed by atoms with Crippen LogP contribution in [0.25, 0.3) is 0 Å². The zero-order valence-electron chi connectivity index (χ0n) is 16.1. The molecular weight excluding hydrogens is 392 g/mol. The standard InChI is InChI=1S/C17H20N2OS.C4H4O4/c1-14-6-5-9-18-16(14)21-17(15-7-3-2-4-8-15)19-10-12-20-13-11-19;5-3(6)1-2-4(7)8/h2-9,17H,10-13H2,1H3;1-2H,(H,5,6)(H,7,8)/b;2-1+/t17-;/m1./s1. The van der Waals surface area contributed by atoms with Gasteiger partial charge in [-0.25, -0.2) is 14.6 Å². The Morgan fingerprint density at radius 2 is 1.69 bits per heavy atom. The molecule has 0 aliphatic carbocycles. The van der Waals surface area contributed by atoms with Crippen molar-refractivity contribution in [1.29, 1.82) is 0 Å². The highest BCUT2D eigenvalue weighted by Crippen LogP contribution is 2.38. The van der Waals surface area contributed by atoms with E-state index in [0.29, 0.717) is 17.5 Å². The van der Waals surface area contributed by atoms with Crippen LogP contribution in [0.2, 0.25) is 0 Å². The van der Waals surface area contributed by atoms with Gasteiger partial charge in [0.15, 0.2) is 0 Å². The molecule has 1 atom stereocenters. The zero-order chi connectivity index (χ0) is 21.1. The van der Waals surface area contributed by atoms with Crippen molar-refractivity contribution in [2.24, 2.45) is 0 Å². The van der Waals surface area contributed by atoms with Gasteiger partial charge in [-0.3, -0.25) is 4.90 Å². The molecule has 2 heterocycles. The lowest BCUT2D eigenvalue weighted by Crippen LogP contribution is -2.38. The number of aryl methyl sites for hydroxylation is 1. The summed E-state index contributed by atoms with van der Waals surface area (Å²) in [6, 6.07) is 14.8. The second-order valence-corrected chi connectivity index (χ2v) is 7.23. The number of aromatic nitrogens is 1. The third-order valence-electron chi connectivity index (χ3n) is 4.02. The van der Waals surface area contributed by atoms with Crippen LogP contribution in [0.3, 0.4) is 0 Å². The topological polar surface area (TPSA) is 100.0 Å². The van der Waals surface area contributed by atoms with Crippen molar-refractivity contribution in [2.75, 3.05) is 26.3 Å². The molecule has 1 aromatic heterocycles. The van der Waals surface area contributed by atoms with Gasteiger partial charge >= 0.3 is 11.9 Å². The maximum absolute atomic E-state index is 9.55. The van der Waals surface area contributed by atoms with Gasteiger partial charge in [-0.05, 0) is 24.1 Å². The summed E-state index contributed by atoms with van der Waals surface area (Å²) >= 11 is 1.83.